The Hall–Kier alpha value is -3.54. The molecule has 38 heavy (non-hydrogen) atoms. The Labute approximate surface area is 220 Å². The number of alkyl halides is 2. The summed E-state index contributed by atoms with van der Waals surface area (Å²) >= 11 is 0. The molecule has 1 saturated heterocycles. The number of anilines is 4. The number of carbonyl (C=O) groups is 2. The summed E-state index contributed by atoms with van der Waals surface area (Å²) in [5.74, 6) is -4.12. The summed E-state index contributed by atoms with van der Waals surface area (Å²) in [7, 11) is 2.82. The van der Waals surface area contributed by atoms with Gasteiger partial charge in [0.2, 0.25) is 5.95 Å². The zero-order chi connectivity index (χ0) is 26.9. The third kappa shape index (κ3) is 5.22. The van der Waals surface area contributed by atoms with Crippen LogP contribution in [-0.2, 0) is 4.79 Å². The molecule has 1 aliphatic carbocycles. The van der Waals surface area contributed by atoms with Gasteiger partial charge in [-0.1, -0.05) is 12.8 Å². The van der Waals surface area contributed by atoms with Crippen molar-refractivity contribution in [2.24, 2.45) is 0 Å². The second-order valence-electron chi connectivity index (χ2n) is 10.1. The highest BCUT2D eigenvalue weighted by Gasteiger charge is 2.48. The number of rotatable bonds is 6. The number of nitrogens with zero attached hydrogens (tertiary/aromatic N) is 4. The molecule has 0 radical (unpaired) electrons. The van der Waals surface area contributed by atoms with Crippen LogP contribution in [0.15, 0.2) is 24.4 Å². The van der Waals surface area contributed by atoms with Crippen LogP contribution in [0.1, 0.15) is 48.9 Å². The molecule has 3 N–H and O–H groups in total. The van der Waals surface area contributed by atoms with Crippen molar-refractivity contribution >= 4 is 35.0 Å². The van der Waals surface area contributed by atoms with Crippen LogP contribution in [0.3, 0.4) is 0 Å². The van der Waals surface area contributed by atoms with Crippen LogP contribution in [0.5, 0.6) is 5.75 Å². The summed E-state index contributed by atoms with van der Waals surface area (Å²) in [4.78, 5) is 36.7. The van der Waals surface area contributed by atoms with Crippen molar-refractivity contribution in [3.8, 4) is 5.75 Å². The maximum atomic E-state index is 14.8. The lowest BCUT2D eigenvalue weighted by molar-refractivity contribution is -0.140. The Bertz CT molecular complexity index is 1200. The molecule has 0 atom stereocenters. The number of aromatic nitrogens is 2. The lowest BCUT2D eigenvalue weighted by Crippen LogP contribution is -2.48. The molecule has 2 aromatic rings. The van der Waals surface area contributed by atoms with Crippen LogP contribution in [0.25, 0.3) is 0 Å². The second kappa shape index (κ2) is 10.7. The fourth-order valence-electron chi connectivity index (χ4n) is 5.40. The normalized spacial score (nSPS) is 20.2. The van der Waals surface area contributed by atoms with Gasteiger partial charge in [0.05, 0.1) is 25.5 Å². The first-order chi connectivity index (χ1) is 18.3. The van der Waals surface area contributed by atoms with Crippen LogP contribution in [-0.4, -0.2) is 73.6 Å². The number of amides is 2. The zero-order valence-corrected chi connectivity index (χ0v) is 21.6. The van der Waals surface area contributed by atoms with Gasteiger partial charge in [0.1, 0.15) is 11.4 Å². The number of hydrogen-bond donors (Lipinski definition) is 3. The van der Waals surface area contributed by atoms with Gasteiger partial charge in [-0.05, 0) is 57.0 Å². The average Bonchev–Trinajstić information content (AvgIpc) is 3.44. The van der Waals surface area contributed by atoms with E-state index in [1.54, 1.807) is 23.1 Å². The predicted octanol–water partition coefficient (Wildman–Crippen LogP) is 3.07. The molecule has 10 nitrogen and oxygen atoms in total. The minimum absolute atomic E-state index is 0.126. The zero-order valence-electron chi connectivity index (χ0n) is 21.6. The Morgan fingerprint density at radius 2 is 1.92 bits per heavy atom. The highest BCUT2D eigenvalue weighted by atomic mass is 19.3. The number of piperidine rings is 1. The quantitative estimate of drug-likeness (QED) is 0.524. The van der Waals surface area contributed by atoms with Gasteiger partial charge in [0.25, 0.3) is 11.8 Å². The number of halogens is 2. The molecule has 2 aliphatic heterocycles. The molecule has 2 amide bonds. The van der Waals surface area contributed by atoms with Crippen molar-refractivity contribution in [2.45, 2.75) is 56.5 Å². The van der Waals surface area contributed by atoms with Crippen LogP contribution >= 0.6 is 0 Å². The highest BCUT2D eigenvalue weighted by Crippen LogP contribution is 2.40. The largest absolute Gasteiger partial charge is 0.495 e. The van der Waals surface area contributed by atoms with E-state index < -0.39 is 18.4 Å². The first kappa shape index (κ1) is 26.1. The third-order valence-electron chi connectivity index (χ3n) is 7.52. The molecular weight excluding hydrogens is 496 g/mol. The van der Waals surface area contributed by atoms with E-state index in [1.165, 1.54) is 20.4 Å². The van der Waals surface area contributed by atoms with Gasteiger partial charge in [-0.15, -0.1) is 0 Å². The van der Waals surface area contributed by atoms with E-state index in [1.807, 2.05) is 0 Å². The molecule has 1 aromatic carbocycles. The number of carbonyl (C=O) groups excluding carboxylic acids is 2. The summed E-state index contributed by atoms with van der Waals surface area (Å²) in [5, 5.41) is 9.43. The van der Waals surface area contributed by atoms with Crippen molar-refractivity contribution in [2.75, 3.05) is 48.9 Å². The van der Waals surface area contributed by atoms with E-state index in [9.17, 15) is 18.4 Å². The second-order valence-corrected chi connectivity index (χ2v) is 10.1. The van der Waals surface area contributed by atoms with Crippen LogP contribution in [0.4, 0.5) is 31.9 Å². The molecule has 0 spiro atoms. The van der Waals surface area contributed by atoms with E-state index >= 15 is 0 Å². The molecular formula is C26H33F2N7O3. The summed E-state index contributed by atoms with van der Waals surface area (Å²) in [5.41, 5.74) is 1.21. The predicted molar refractivity (Wildman–Crippen MR) is 140 cm³/mol. The number of hydrogen-bond acceptors (Lipinski definition) is 8. The molecule has 5 rings (SSSR count). The van der Waals surface area contributed by atoms with Gasteiger partial charge >= 0.3 is 5.92 Å². The molecule has 3 heterocycles. The highest BCUT2D eigenvalue weighted by molar-refractivity contribution is 6.02. The Morgan fingerprint density at radius 3 is 2.63 bits per heavy atom. The van der Waals surface area contributed by atoms with Gasteiger partial charge in [-0.3, -0.25) is 9.59 Å². The molecule has 12 heteroatoms. The standard InChI is InChI=1S/C26H33F2N7O3/c1-34-20-14-30-25(33-22(20)35(18-5-3-4-6-18)15-26(27,28)24(34)37)32-19-8-7-16(13-21(19)38-2)23(36)31-17-9-11-29-12-10-17/h7-8,13-14,17-18,29H,3-6,9-12,15H2,1-2H3,(H,31,36)(H,30,32,33). The molecule has 0 unspecified atom stereocenters. The molecule has 204 valence electrons. The Morgan fingerprint density at radius 1 is 1.18 bits per heavy atom. The van der Waals surface area contributed by atoms with Gasteiger partial charge in [0, 0.05) is 24.7 Å². The number of nitrogens with one attached hydrogen (secondary N) is 3. The minimum atomic E-state index is -3.54. The number of benzene rings is 1. The fraction of sp³-hybridized carbons (Fsp3) is 0.538. The topological polar surface area (TPSA) is 112 Å². The lowest BCUT2D eigenvalue weighted by atomic mass is 10.1. The lowest BCUT2D eigenvalue weighted by Gasteiger charge is -2.31. The maximum Gasteiger partial charge on any atom is 0.342 e. The average molecular weight is 530 g/mol. The SMILES string of the molecule is COc1cc(C(=O)NC2CCNCC2)ccc1Nc1ncc2c(n1)N(C1CCCC1)CC(F)(F)C(=O)N2C. The van der Waals surface area contributed by atoms with Crippen molar-refractivity contribution in [3.05, 3.63) is 30.0 Å². The fourth-order valence-corrected chi connectivity index (χ4v) is 5.40. The van der Waals surface area contributed by atoms with Gasteiger partial charge < -0.3 is 30.5 Å². The van der Waals surface area contributed by atoms with E-state index in [2.05, 4.69) is 25.9 Å². The number of fused-ring (bicyclic) bond motifs is 1. The van der Waals surface area contributed by atoms with Gasteiger partial charge in [-0.2, -0.15) is 13.8 Å². The third-order valence-corrected chi connectivity index (χ3v) is 7.52. The smallest absolute Gasteiger partial charge is 0.342 e. The molecule has 1 aromatic heterocycles. The van der Waals surface area contributed by atoms with Crippen molar-refractivity contribution in [1.82, 2.24) is 20.6 Å². The first-order valence-corrected chi connectivity index (χ1v) is 13.0. The molecule has 3 aliphatic rings. The van der Waals surface area contributed by atoms with Crippen molar-refractivity contribution < 1.29 is 23.1 Å². The van der Waals surface area contributed by atoms with E-state index in [0.29, 0.717) is 22.8 Å². The molecule has 1 saturated carbocycles. The summed E-state index contributed by atoms with van der Waals surface area (Å²) in [6.45, 7) is 1.02. The Balaban J connectivity index is 1.41. The van der Waals surface area contributed by atoms with E-state index in [0.717, 1.165) is 56.5 Å². The first-order valence-electron chi connectivity index (χ1n) is 13.0. The molecule has 0 bridgehead atoms. The van der Waals surface area contributed by atoms with Gasteiger partial charge in [0.15, 0.2) is 5.82 Å². The maximum absolute atomic E-state index is 14.8. The van der Waals surface area contributed by atoms with E-state index in [4.69, 9.17) is 4.74 Å². The van der Waals surface area contributed by atoms with Crippen molar-refractivity contribution in [1.29, 1.82) is 0 Å². The van der Waals surface area contributed by atoms with Crippen LogP contribution < -0.4 is 30.5 Å². The van der Waals surface area contributed by atoms with Crippen LogP contribution in [0, 0.1) is 0 Å². The van der Waals surface area contributed by atoms with E-state index in [-0.39, 0.29) is 29.6 Å². The molecule has 2 fully saturated rings. The summed E-state index contributed by atoms with van der Waals surface area (Å²) in [6.07, 6.45) is 6.54. The number of methoxy groups -OCH3 is 1. The monoisotopic (exact) mass is 529 g/mol. The van der Waals surface area contributed by atoms with Crippen LogP contribution in [0.2, 0.25) is 0 Å². The summed E-state index contributed by atoms with van der Waals surface area (Å²) < 4.78 is 35.2. The number of ether oxygens (including phenoxy) is 1. The Kier molecular flexibility index (Phi) is 7.33. The summed E-state index contributed by atoms with van der Waals surface area (Å²) in [6, 6.07) is 5.02. The van der Waals surface area contributed by atoms with Gasteiger partial charge in [-0.25, -0.2) is 4.98 Å². The van der Waals surface area contributed by atoms with Crippen molar-refractivity contribution in [3.63, 3.8) is 0 Å². The minimum Gasteiger partial charge on any atom is -0.495 e.